The highest BCUT2D eigenvalue weighted by atomic mass is 32.2. The van der Waals surface area contributed by atoms with Crippen LogP contribution in [0.2, 0.25) is 0 Å². The Bertz CT molecular complexity index is 1340. The minimum atomic E-state index is -3.61. The third-order valence-corrected chi connectivity index (χ3v) is 5.70. The van der Waals surface area contributed by atoms with Crippen LogP contribution in [0.25, 0.3) is 22.3 Å². The second-order valence-corrected chi connectivity index (χ2v) is 11.0. The summed E-state index contributed by atoms with van der Waals surface area (Å²) in [5.74, 6) is -0.471. The first-order valence-electron chi connectivity index (χ1n) is 9.67. The largest absolute Gasteiger partial charge is 0.370 e. The Morgan fingerprint density at radius 3 is 1.94 bits per heavy atom. The SMILES string of the molecule is CS(=O)(=O)Nc1cc(NS(C)(=O)=O)cc(-c2ccc(-c3cncnc3)cc2CCC(N)=O)c1. The molecule has 0 fully saturated rings. The number of nitrogens with two attached hydrogens (primary N) is 1. The first kappa shape index (κ1) is 24.1. The molecule has 1 heterocycles. The van der Waals surface area contributed by atoms with Crippen LogP contribution in [0.1, 0.15) is 12.0 Å². The van der Waals surface area contributed by atoms with E-state index in [1.807, 2.05) is 18.2 Å². The molecule has 2 aromatic carbocycles. The second-order valence-electron chi connectivity index (χ2n) is 7.51. The van der Waals surface area contributed by atoms with E-state index in [-0.39, 0.29) is 17.8 Å². The molecule has 33 heavy (non-hydrogen) atoms. The van der Waals surface area contributed by atoms with Gasteiger partial charge in [0.2, 0.25) is 26.0 Å². The summed E-state index contributed by atoms with van der Waals surface area (Å²) in [4.78, 5) is 19.5. The lowest BCUT2D eigenvalue weighted by Gasteiger charge is -2.15. The van der Waals surface area contributed by atoms with Gasteiger partial charge in [0.05, 0.1) is 23.9 Å². The van der Waals surface area contributed by atoms with Gasteiger partial charge in [-0.1, -0.05) is 18.2 Å². The first-order chi connectivity index (χ1) is 15.4. The molecule has 0 saturated heterocycles. The number of primary amides is 1. The number of aryl methyl sites for hydroxylation is 1. The van der Waals surface area contributed by atoms with Crippen molar-refractivity contribution in [3.05, 3.63) is 60.7 Å². The molecule has 10 nitrogen and oxygen atoms in total. The number of hydrogen-bond donors (Lipinski definition) is 3. The normalized spacial score (nSPS) is 11.7. The molecule has 0 saturated carbocycles. The number of carbonyl (C=O) groups is 1. The van der Waals surface area contributed by atoms with E-state index in [0.29, 0.717) is 17.5 Å². The summed E-state index contributed by atoms with van der Waals surface area (Å²) < 4.78 is 51.9. The number of nitrogens with zero attached hydrogens (tertiary/aromatic N) is 2. The molecule has 4 N–H and O–H groups in total. The van der Waals surface area contributed by atoms with Crippen LogP contribution in [0, 0.1) is 0 Å². The van der Waals surface area contributed by atoms with E-state index in [2.05, 4.69) is 19.4 Å². The number of benzene rings is 2. The van der Waals surface area contributed by atoms with Gasteiger partial charge in [-0.05, 0) is 46.9 Å². The Hall–Kier alpha value is -3.51. The van der Waals surface area contributed by atoms with Crippen LogP contribution >= 0.6 is 0 Å². The minimum absolute atomic E-state index is 0.0947. The average Bonchev–Trinajstić information content (AvgIpc) is 2.70. The van der Waals surface area contributed by atoms with Crippen molar-refractivity contribution in [3.63, 3.8) is 0 Å². The molecule has 0 bridgehead atoms. The third-order valence-electron chi connectivity index (χ3n) is 4.49. The van der Waals surface area contributed by atoms with Crippen molar-refractivity contribution in [2.24, 2.45) is 5.73 Å². The highest BCUT2D eigenvalue weighted by molar-refractivity contribution is 7.92. The van der Waals surface area contributed by atoms with Gasteiger partial charge >= 0.3 is 0 Å². The van der Waals surface area contributed by atoms with E-state index in [4.69, 9.17) is 5.73 Å². The van der Waals surface area contributed by atoms with Gasteiger partial charge in [-0.3, -0.25) is 14.2 Å². The molecule has 0 atom stereocenters. The zero-order valence-electron chi connectivity index (χ0n) is 17.9. The maximum atomic E-state index is 11.8. The van der Waals surface area contributed by atoms with E-state index in [1.165, 1.54) is 12.4 Å². The van der Waals surface area contributed by atoms with Gasteiger partial charge in [-0.2, -0.15) is 0 Å². The summed E-state index contributed by atoms with van der Waals surface area (Å²) in [6.07, 6.45) is 7.15. The Morgan fingerprint density at radius 1 is 0.848 bits per heavy atom. The Balaban J connectivity index is 2.16. The van der Waals surface area contributed by atoms with Crippen molar-refractivity contribution in [1.82, 2.24) is 9.97 Å². The van der Waals surface area contributed by atoms with Crippen molar-refractivity contribution in [2.45, 2.75) is 12.8 Å². The predicted molar refractivity (Wildman–Crippen MR) is 127 cm³/mol. The standard InChI is InChI=1S/C21H23N5O5S2/c1-32(28,29)25-18-8-16(9-19(10-18)26-33(2,30)31)20-5-3-14(17-11-23-13-24-12-17)7-15(20)4-6-21(22)27/h3,5,7-13,25-26H,4,6H2,1-2H3,(H2,22,27). The van der Waals surface area contributed by atoms with E-state index in [0.717, 1.165) is 29.2 Å². The number of sulfonamides is 2. The van der Waals surface area contributed by atoms with Crippen molar-refractivity contribution in [1.29, 1.82) is 0 Å². The lowest BCUT2D eigenvalue weighted by molar-refractivity contribution is -0.117. The summed E-state index contributed by atoms with van der Waals surface area (Å²) >= 11 is 0. The molecule has 1 amide bonds. The van der Waals surface area contributed by atoms with Crippen LogP contribution in [0.15, 0.2) is 55.1 Å². The number of anilines is 2. The molecule has 174 valence electrons. The number of nitrogens with one attached hydrogen (secondary N) is 2. The van der Waals surface area contributed by atoms with Gasteiger partial charge in [0.1, 0.15) is 6.33 Å². The molecule has 0 aliphatic heterocycles. The summed E-state index contributed by atoms with van der Waals surface area (Å²) in [5, 5.41) is 0. The smallest absolute Gasteiger partial charge is 0.229 e. The lowest BCUT2D eigenvalue weighted by Crippen LogP contribution is -2.13. The monoisotopic (exact) mass is 489 g/mol. The molecular weight excluding hydrogens is 466 g/mol. The minimum Gasteiger partial charge on any atom is -0.370 e. The lowest BCUT2D eigenvalue weighted by atomic mass is 9.92. The molecule has 0 spiro atoms. The molecule has 3 rings (SSSR count). The van der Waals surface area contributed by atoms with E-state index in [1.54, 1.807) is 24.5 Å². The fraction of sp³-hybridized carbons (Fsp3) is 0.190. The molecular formula is C21H23N5O5S2. The molecule has 12 heteroatoms. The van der Waals surface area contributed by atoms with Crippen LogP contribution in [-0.2, 0) is 31.3 Å². The quantitative estimate of drug-likeness (QED) is 0.414. The van der Waals surface area contributed by atoms with Crippen LogP contribution in [0.5, 0.6) is 0 Å². The molecule has 0 radical (unpaired) electrons. The Labute approximate surface area is 192 Å². The maximum absolute atomic E-state index is 11.8. The van der Waals surface area contributed by atoms with Crippen LogP contribution in [-0.4, -0.2) is 45.2 Å². The topological polar surface area (TPSA) is 161 Å². The average molecular weight is 490 g/mol. The zero-order valence-corrected chi connectivity index (χ0v) is 19.6. The first-order valence-corrected chi connectivity index (χ1v) is 13.5. The summed E-state index contributed by atoms with van der Waals surface area (Å²) in [6, 6.07) is 10.1. The number of rotatable bonds is 9. The van der Waals surface area contributed by atoms with Gasteiger partial charge < -0.3 is 5.73 Å². The Kier molecular flexibility index (Phi) is 6.98. The number of aromatic nitrogens is 2. The number of carbonyl (C=O) groups excluding carboxylic acids is 1. The fourth-order valence-electron chi connectivity index (χ4n) is 3.30. The highest BCUT2D eigenvalue weighted by Crippen LogP contribution is 2.33. The molecule has 0 unspecified atom stereocenters. The van der Waals surface area contributed by atoms with E-state index >= 15 is 0 Å². The Morgan fingerprint density at radius 2 is 1.42 bits per heavy atom. The number of hydrogen-bond acceptors (Lipinski definition) is 7. The van der Waals surface area contributed by atoms with Gasteiger partial charge in [-0.15, -0.1) is 0 Å². The molecule has 0 aliphatic carbocycles. The summed E-state index contributed by atoms with van der Waals surface area (Å²) in [5.41, 5.74) is 9.30. The zero-order chi connectivity index (χ0) is 24.2. The van der Waals surface area contributed by atoms with Crippen molar-refractivity contribution < 1.29 is 21.6 Å². The van der Waals surface area contributed by atoms with Crippen LogP contribution in [0.3, 0.4) is 0 Å². The van der Waals surface area contributed by atoms with Gasteiger partial charge in [0, 0.05) is 24.4 Å². The molecule has 3 aromatic rings. The maximum Gasteiger partial charge on any atom is 0.229 e. The molecule has 1 aromatic heterocycles. The third kappa shape index (κ3) is 7.26. The van der Waals surface area contributed by atoms with E-state index < -0.39 is 26.0 Å². The highest BCUT2D eigenvalue weighted by Gasteiger charge is 2.14. The van der Waals surface area contributed by atoms with Gasteiger partial charge in [0.25, 0.3) is 0 Å². The van der Waals surface area contributed by atoms with Crippen molar-refractivity contribution in [3.8, 4) is 22.3 Å². The van der Waals surface area contributed by atoms with Gasteiger partial charge in [-0.25, -0.2) is 26.8 Å². The van der Waals surface area contributed by atoms with Gasteiger partial charge in [0.15, 0.2) is 0 Å². The van der Waals surface area contributed by atoms with Crippen LogP contribution < -0.4 is 15.2 Å². The second kappa shape index (κ2) is 9.55. The van der Waals surface area contributed by atoms with E-state index in [9.17, 15) is 21.6 Å². The summed E-state index contributed by atoms with van der Waals surface area (Å²) in [6.45, 7) is 0. The predicted octanol–water partition coefficient (Wildman–Crippen LogP) is 1.97. The number of amides is 1. The van der Waals surface area contributed by atoms with Crippen LogP contribution in [0.4, 0.5) is 11.4 Å². The van der Waals surface area contributed by atoms with Crippen molar-refractivity contribution in [2.75, 3.05) is 22.0 Å². The fourth-order valence-corrected chi connectivity index (χ4v) is 4.39. The molecule has 0 aliphatic rings. The van der Waals surface area contributed by atoms with Crippen molar-refractivity contribution >= 4 is 37.3 Å². The summed E-state index contributed by atoms with van der Waals surface area (Å²) in [7, 11) is -7.23.